The van der Waals surface area contributed by atoms with Gasteiger partial charge in [0.15, 0.2) is 23.3 Å². The Kier molecular flexibility index (Phi) is 10.1. The molecule has 0 aliphatic heterocycles. The van der Waals surface area contributed by atoms with Crippen molar-refractivity contribution in [1.82, 2.24) is 0 Å². The van der Waals surface area contributed by atoms with Crippen LogP contribution in [0.25, 0.3) is 24.3 Å². The van der Waals surface area contributed by atoms with Crippen LogP contribution < -0.4 is 9.80 Å². The molecule has 0 bridgehead atoms. The molecular weight excluding hydrogens is 657 g/mol. The van der Waals surface area contributed by atoms with Crippen LogP contribution in [0.15, 0.2) is 170 Å². The van der Waals surface area contributed by atoms with Gasteiger partial charge in [-0.1, -0.05) is 109 Å². The summed E-state index contributed by atoms with van der Waals surface area (Å²) in [6.45, 7) is 0. The molecule has 0 heterocycles. The normalized spacial score (nSPS) is 11.3. The van der Waals surface area contributed by atoms with Crippen molar-refractivity contribution in [1.29, 1.82) is 0 Å². The molecule has 7 aromatic rings. The number of rotatable bonds is 10. The molecule has 0 spiro atoms. The Balaban J connectivity index is 1.11. The van der Waals surface area contributed by atoms with Crippen LogP contribution in [0.2, 0.25) is 0 Å². The molecule has 0 radical (unpaired) electrons. The first-order chi connectivity index (χ1) is 25.5. The summed E-state index contributed by atoms with van der Waals surface area (Å²) in [5.74, 6) is -5.88. The van der Waals surface area contributed by atoms with E-state index in [9.17, 15) is 0 Å². The quantitative estimate of drug-likeness (QED) is 0.0802. The van der Waals surface area contributed by atoms with E-state index in [4.69, 9.17) is 0 Å². The number of benzene rings is 7. The fourth-order valence-corrected chi connectivity index (χ4v) is 5.99. The van der Waals surface area contributed by atoms with Crippen molar-refractivity contribution in [2.24, 2.45) is 0 Å². The molecule has 0 atom stereocenters. The molecule has 254 valence electrons. The maximum atomic E-state index is 15.3. The maximum Gasteiger partial charge on any atom is 0.169 e. The van der Waals surface area contributed by atoms with Crippen molar-refractivity contribution in [2.45, 2.75) is 0 Å². The highest BCUT2D eigenvalue weighted by molar-refractivity contribution is 5.80. The number of anilines is 6. The van der Waals surface area contributed by atoms with Crippen LogP contribution in [-0.2, 0) is 0 Å². The van der Waals surface area contributed by atoms with Crippen molar-refractivity contribution >= 4 is 58.4 Å². The van der Waals surface area contributed by atoms with Crippen molar-refractivity contribution < 1.29 is 17.6 Å². The molecule has 6 heteroatoms. The first-order valence-corrected chi connectivity index (χ1v) is 16.7. The third-order valence-corrected chi connectivity index (χ3v) is 8.58. The molecule has 0 aromatic heterocycles. The van der Waals surface area contributed by atoms with Gasteiger partial charge in [-0.25, -0.2) is 17.6 Å². The number of halogens is 4. The van der Waals surface area contributed by atoms with Crippen LogP contribution in [0.3, 0.4) is 0 Å². The van der Waals surface area contributed by atoms with E-state index in [0.717, 1.165) is 46.3 Å². The van der Waals surface area contributed by atoms with Gasteiger partial charge in [-0.05, 0) is 96.1 Å². The van der Waals surface area contributed by atoms with Gasteiger partial charge < -0.3 is 9.80 Å². The van der Waals surface area contributed by atoms with Gasteiger partial charge in [-0.3, -0.25) is 0 Å². The monoisotopic (exact) mass is 688 g/mol. The fraction of sp³-hybridized carbons (Fsp3) is 0. The van der Waals surface area contributed by atoms with Crippen LogP contribution in [0.4, 0.5) is 51.7 Å². The molecule has 0 aliphatic rings. The van der Waals surface area contributed by atoms with E-state index in [1.807, 2.05) is 146 Å². The molecule has 0 fully saturated rings. The number of hydrogen-bond donors (Lipinski definition) is 0. The first kappa shape index (κ1) is 33.8. The number of nitrogens with zero attached hydrogens (tertiary/aromatic N) is 2. The van der Waals surface area contributed by atoms with Crippen LogP contribution >= 0.6 is 0 Å². The zero-order valence-corrected chi connectivity index (χ0v) is 27.9. The Hall–Kier alpha value is -6.66. The van der Waals surface area contributed by atoms with Gasteiger partial charge >= 0.3 is 0 Å². The predicted molar refractivity (Wildman–Crippen MR) is 206 cm³/mol. The lowest BCUT2D eigenvalue weighted by Gasteiger charge is -2.25. The lowest BCUT2D eigenvalue weighted by atomic mass is 10.0. The molecule has 0 N–H and O–H groups in total. The van der Waals surface area contributed by atoms with Gasteiger partial charge in [0.2, 0.25) is 0 Å². The van der Waals surface area contributed by atoms with E-state index in [1.165, 1.54) is 12.2 Å². The molecule has 0 amide bonds. The summed E-state index contributed by atoms with van der Waals surface area (Å²) in [5.41, 5.74) is 5.14. The van der Waals surface area contributed by atoms with Gasteiger partial charge in [-0.2, -0.15) is 0 Å². The Morgan fingerprint density at radius 2 is 0.500 bits per heavy atom. The highest BCUT2D eigenvalue weighted by Gasteiger charge is 2.23. The molecule has 0 unspecified atom stereocenters. The lowest BCUT2D eigenvalue weighted by molar-refractivity contribution is 0.448. The minimum atomic E-state index is -1.47. The number of hydrogen-bond acceptors (Lipinski definition) is 2. The van der Waals surface area contributed by atoms with E-state index in [2.05, 4.69) is 9.80 Å². The van der Waals surface area contributed by atoms with E-state index in [-0.39, 0.29) is 0 Å². The van der Waals surface area contributed by atoms with E-state index in [0.29, 0.717) is 11.1 Å². The highest BCUT2D eigenvalue weighted by Crippen LogP contribution is 2.36. The standard InChI is InChI=1S/C46H32F4N2/c47-43-41(31-25-33-21-27-39(28-22-33)51(35-13-5-1-6-14-35)36-15-7-2-8-16-36)44(48)46(50)42(45(43)49)32-26-34-23-29-40(30-24-34)52(37-17-9-3-10-18-37)38-19-11-4-12-20-38/h1-32H. The molecule has 2 nitrogen and oxygen atoms in total. The topological polar surface area (TPSA) is 6.48 Å². The van der Waals surface area contributed by atoms with Gasteiger partial charge in [0.05, 0.1) is 11.1 Å². The summed E-state index contributed by atoms with van der Waals surface area (Å²) in [7, 11) is 0. The van der Waals surface area contributed by atoms with Crippen LogP contribution in [-0.4, -0.2) is 0 Å². The fourth-order valence-electron chi connectivity index (χ4n) is 5.99. The van der Waals surface area contributed by atoms with Crippen molar-refractivity contribution in [2.75, 3.05) is 9.80 Å². The average molecular weight is 689 g/mol. The molecular formula is C46H32F4N2. The Bertz CT molecular complexity index is 2030. The predicted octanol–water partition coefficient (Wildman–Crippen LogP) is 13.5. The molecule has 0 aliphatic carbocycles. The van der Waals surface area contributed by atoms with E-state index < -0.39 is 34.4 Å². The zero-order valence-electron chi connectivity index (χ0n) is 27.9. The zero-order chi connectivity index (χ0) is 35.9. The second kappa shape index (κ2) is 15.5. The smallest absolute Gasteiger partial charge is 0.169 e. The molecule has 0 saturated heterocycles. The average Bonchev–Trinajstić information content (AvgIpc) is 3.20. The largest absolute Gasteiger partial charge is 0.311 e. The summed E-state index contributed by atoms with van der Waals surface area (Å²) in [6.07, 6.45) is 4.94. The summed E-state index contributed by atoms with van der Waals surface area (Å²) in [5, 5.41) is 0. The number of para-hydroxylation sites is 4. The molecule has 7 rings (SSSR count). The molecule has 0 saturated carbocycles. The summed E-state index contributed by atoms with van der Waals surface area (Å²) in [4.78, 5) is 4.14. The molecule has 52 heavy (non-hydrogen) atoms. The maximum absolute atomic E-state index is 15.3. The highest BCUT2D eigenvalue weighted by atomic mass is 19.2. The Morgan fingerprint density at radius 1 is 0.269 bits per heavy atom. The second-order valence-electron chi connectivity index (χ2n) is 11.9. The summed E-state index contributed by atoms with van der Waals surface area (Å²) >= 11 is 0. The van der Waals surface area contributed by atoms with Crippen molar-refractivity contribution in [3.63, 3.8) is 0 Å². The van der Waals surface area contributed by atoms with Crippen LogP contribution in [0.1, 0.15) is 22.3 Å². The third kappa shape index (κ3) is 7.28. The minimum Gasteiger partial charge on any atom is -0.311 e. The Morgan fingerprint density at radius 3 is 0.750 bits per heavy atom. The van der Waals surface area contributed by atoms with Crippen LogP contribution in [0, 0.1) is 23.3 Å². The van der Waals surface area contributed by atoms with Gasteiger partial charge in [0.1, 0.15) is 0 Å². The van der Waals surface area contributed by atoms with E-state index >= 15 is 17.6 Å². The van der Waals surface area contributed by atoms with Crippen molar-refractivity contribution in [3.8, 4) is 0 Å². The SMILES string of the molecule is Fc1c(F)c(C=Cc2ccc(N(c3ccccc3)c3ccccc3)cc2)c(F)c(F)c1C=Cc1ccc(N(c2ccccc2)c2ccccc2)cc1. The summed E-state index contributed by atoms with van der Waals surface area (Å²) < 4.78 is 61.0. The van der Waals surface area contributed by atoms with Gasteiger partial charge in [0, 0.05) is 34.1 Å². The lowest BCUT2D eigenvalue weighted by Crippen LogP contribution is -2.09. The first-order valence-electron chi connectivity index (χ1n) is 16.7. The second-order valence-corrected chi connectivity index (χ2v) is 11.9. The minimum absolute atomic E-state index is 0.593. The Labute approximate surface area is 300 Å². The summed E-state index contributed by atoms with van der Waals surface area (Å²) in [6, 6.07) is 53.9. The van der Waals surface area contributed by atoms with Gasteiger partial charge in [-0.15, -0.1) is 0 Å². The third-order valence-electron chi connectivity index (χ3n) is 8.58. The van der Waals surface area contributed by atoms with E-state index in [1.54, 1.807) is 24.3 Å². The molecule has 7 aromatic carbocycles. The van der Waals surface area contributed by atoms with Gasteiger partial charge in [0.25, 0.3) is 0 Å². The van der Waals surface area contributed by atoms with Crippen LogP contribution in [0.5, 0.6) is 0 Å². The van der Waals surface area contributed by atoms with Crippen molar-refractivity contribution in [3.05, 3.63) is 215 Å².